The van der Waals surface area contributed by atoms with Gasteiger partial charge in [-0.25, -0.2) is 4.98 Å². The van der Waals surface area contributed by atoms with E-state index in [0.29, 0.717) is 16.4 Å². The van der Waals surface area contributed by atoms with Gasteiger partial charge in [0.2, 0.25) is 5.91 Å². The summed E-state index contributed by atoms with van der Waals surface area (Å²) in [6.07, 6.45) is 0.172. The van der Waals surface area contributed by atoms with Crippen molar-refractivity contribution in [3.8, 4) is 5.75 Å². The molecule has 0 unspecified atom stereocenters. The molecule has 0 aliphatic carbocycles. The van der Waals surface area contributed by atoms with Gasteiger partial charge in [-0.1, -0.05) is 35.6 Å². The van der Waals surface area contributed by atoms with E-state index in [9.17, 15) is 9.59 Å². The first kappa shape index (κ1) is 16.9. The molecule has 1 aromatic heterocycles. The molecule has 2 N–H and O–H groups in total. The fourth-order valence-corrected chi connectivity index (χ4v) is 3.20. The summed E-state index contributed by atoms with van der Waals surface area (Å²) in [7, 11) is 1.59. The first-order chi connectivity index (χ1) is 12.2. The van der Waals surface area contributed by atoms with Gasteiger partial charge in [0, 0.05) is 18.5 Å². The van der Waals surface area contributed by atoms with Crippen molar-refractivity contribution in [1.29, 1.82) is 0 Å². The summed E-state index contributed by atoms with van der Waals surface area (Å²) in [5, 5.41) is 5.99. The minimum Gasteiger partial charge on any atom is -0.494 e. The molecule has 0 atom stereocenters. The fraction of sp³-hybridized carbons (Fsp3) is 0.167. The Bertz CT molecular complexity index is 893. The number of amides is 2. The van der Waals surface area contributed by atoms with Gasteiger partial charge in [-0.05, 0) is 24.3 Å². The highest BCUT2D eigenvalue weighted by molar-refractivity contribution is 7.22. The Morgan fingerprint density at radius 1 is 1.12 bits per heavy atom. The van der Waals surface area contributed by atoms with Crippen LogP contribution in [0.25, 0.3) is 10.2 Å². The van der Waals surface area contributed by atoms with Crippen molar-refractivity contribution in [1.82, 2.24) is 10.3 Å². The largest absolute Gasteiger partial charge is 0.494 e. The third kappa shape index (κ3) is 4.13. The molecular formula is C18H17N3O3S. The van der Waals surface area contributed by atoms with Crippen molar-refractivity contribution in [2.45, 2.75) is 6.42 Å². The summed E-state index contributed by atoms with van der Waals surface area (Å²) in [6.45, 7) is 0.258. The highest BCUT2D eigenvalue weighted by Gasteiger charge is 2.11. The van der Waals surface area contributed by atoms with Gasteiger partial charge < -0.3 is 15.4 Å². The highest BCUT2D eigenvalue weighted by Crippen LogP contribution is 2.31. The van der Waals surface area contributed by atoms with Crippen LogP contribution in [0.4, 0.5) is 5.13 Å². The van der Waals surface area contributed by atoms with Gasteiger partial charge in [-0.15, -0.1) is 0 Å². The van der Waals surface area contributed by atoms with Gasteiger partial charge in [0.05, 0.1) is 11.8 Å². The van der Waals surface area contributed by atoms with E-state index in [1.807, 2.05) is 24.3 Å². The van der Waals surface area contributed by atoms with E-state index in [2.05, 4.69) is 15.6 Å². The number of anilines is 1. The second-order valence-corrected chi connectivity index (χ2v) is 6.28. The molecule has 3 rings (SSSR count). The SMILES string of the molecule is COc1cccc2sc(NC(=O)CCNC(=O)c3ccccc3)nc12. The molecule has 128 valence electrons. The van der Waals surface area contributed by atoms with E-state index in [4.69, 9.17) is 4.74 Å². The summed E-state index contributed by atoms with van der Waals surface area (Å²) in [5.41, 5.74) is 1.30. The van der Waals surface area contributed by atoms with Crippen LogP contribution >= 0.6 is 11.3 Å². The van der Waals surface area contributed by atoms with Gasteiger partial charge in [0.15, 0.2) is 5.13 Å². The number of thiazole rings is 1. The van der Waals surface area contributed by atoms with Crippen LogP contribution in [0.1, 0.15) is 16.8 Å². The molecule has 0 bridgehead atoms. The Morgan fingerprint density at radius 3 is 2.68 bits per heavy atom. The Hall–Kier alpha value is -2.93. The van der Waals surface area contributed by atoms with Gasteiger partial charge in [0.1, 0.15) is 11.3 Å². The van der Waals surface area contributed by atoms with Crippen LogP contribution in [-0.2, 0) is 4.79 Å². The number of fused-ring (bicyclic) bond motifs is 1. The number of benzene rings is 2. The number of nitrogens with zero attached hydrogens (tertiary/aromatic N) is 1. The molecule has 0 aliphatic heterocycles. The molecule has 2 amide bonds. The van der Waals surface area contributed by atoms with Crippen molar-refractivity contribution >= 4 is 38.5 Å². The number of carbonyl (C=O) groups excluding carboxylic acids is 2. The average molecular weight is 355 g/mol. The van der Waals surface area contributed by atoms with Gasteiger partial charge in [-0.3, -0.25) is 9.59 Å². The van der Waals surface area contributed by atoms with E-state index in [1.54, 1.807) is 31.4 Å². The number of methoxy groups -OCH3 is 1. The maximum Gasteiger partial charge on any atom is 0.251 e. The summed E-state index contributed by atoms with van der Waals surface area (Å²) in [4.78, 5) is 28.3. The van der Waals surface area contributed by atoms with E-state index >= 15 is 0 Å². The van der Waals surface area contributed by atoms with Crippen LogP contribution in [0.5, 0.6) is 5.75 Å². The van der Waals surface area contributed by atoms with Crippen LogP contribution < -0.4 is 15.4 Å². The molecule has 0 saturated carbocycles. The Kier molecular flexibility index (Phi) is 5.25. The van der Waals surface area contributed by atoms with Crippen molar-refractivity contribution in [2.75, 3.05) is 19.0 Å². The molecular weight excluding hydrogens is 338 g/mol. The number of hydrogen-bond donors (Lipinski definition) is 2. The number of nitrogens with one attached hydrogen (secondary N) is 2. The third-order valence-electron chi connectivity index (χ3n) is 3.52. The monoisotopic (exact) mass is 355 g/mol. The Balaban J connectivity index is 1.54. The normalized spacial score (nSPS) is 10.4. The van der Waals surface area contributed by atoms with Crippen LogP contribution in [0.15, 0.2) is 48.5 Å². The minimum absolute atomic E-state index is 0.172. The van der Waals surface area contributed by atoms with E-state index in [0.717, 1.165) is 10.2 Å². The highest BCUT2D eigenvalue weighted by atomic mass is 32.1. The number of carbonyl (C=O) groups is 2. The van der Waals surface area contributed by atoms with E-state index in [1.165, 1.54) is 11.3 Å². The molecule has 1 heterocycles. The van der Waals surface area contributed by atoms with E-state index < -0.39 is 0 Å². The second-order valence-electron chi connectivity index (χ2n) is 5.25. The lowest BCUT2D eigenvalue weighted by atomic mass is 10.2. The van der Waals surface area contributed by atoms with Crippen LogP contribution in [0, 0.1) is 0 Å². The zero-order chi connectivity index (χ0) is 17.6. The Labute approximate surface area is 148 Å². The lowest BCUT2D eigenvalue weighted by Crippen LogP contribution is -2.27. The van der Waals surface area contributed by atoms with Gasteiger partial charge in [0.25, 0.3) is 5.91 Å². The third-order valence-corrected chi connectivity index (χ3v) is 4.46. The van der Waals surface area contributed by atoms with E-state index in [-0.39, 0.29) is 24.8 Å². The second kappa shape index (κ2) is 7.76. The summed E-state index contributed by atoms with van der Waals surface area (Å²) >= 11 is 1.38. The molecule has 2 aromatic carbocycles. The quantitative estimate of drug-likeness (QED) is 0.712. The first-order valence-electron chi connectivity index (χ1n) is 7.74. The summed E-state index contributed by atoms with van der Waals surface area (Å²) < 4.78 is 6.20. The minimum atomic E-state index is -0.202. The maximum absolute atomic E-state index is 12.0. The number of rotatable bonds is 6. The standard InChI is InChI=1S/C18H17N3O3S/c1-24-13-8-5-9-14-16(13)21-18(25-14)20-15(22)10-11-19-17(23)12-6-3-2-4-7-12/h2-9H,10-11H2,1H3,(H,19,23)(H,20,21,22). The van der Waals surface area contributed by atoms with Crippen LogP contribution in [-0.4, -0.2) is 30.5 Å². The van der Waals surface area contributed by atoms with Crippen LogP contribution in [0.3, 0.4) is 0 Å². The molecule has 3 aromatic rings. The molecule has 0 aliphatic rings. The predicted molar refractivity (Wildman–Crippen MR) is 98.2 cm³/mol. The first-order valence-corrected chi connectivity index (χ1v) is 8.55. The number of aromatic nitrogens is 1. The summed E-state index contributed by atoms with van der Waals surface area (Å²) in [5.74, 6) is 0.272. The lowest BCUT2D eigenvalue weighted by Gasteiger charge is -2.05. The molecule has 0 radical (unpaired) electrons. The molecule has 6 nitrogen and oxygen atoms in total. The number of para-hydroxylation sites is 1. The molecule has 7 heteroatoms. The van der Waals surface area contributed by atoms with Crippen molar-refractivity contribution < 1.29 is 14.3 Å². The smallest absolute Gasteiger partial charge is 0.251 e. The Morgan fingerprint density at radius 2 is 1.92 bits per heavy atom. The topological polar surface area (TPSA) is 80.3 Å². The van der Waals surface area contributed by atoms with Crippen molar-refractivity contribution in [3.63, 3.8) is 0 Å². The molecule has 0 spiro atoms. The van der Waals surface area contributed by atoms with Crippen molar-refractivity contribution in [3.05, 3.63) is 54.1 Å². The zero-order valence-corrected chi connectivity index (χ0v) is 14.4. The maximum atomic E-state index is 12.0. The predicted octanol–water partition coefficient (Wildman–Crippen LogP) is 3.06. The lowest BCUT2D eigenvalue weighted by molar-refractivity contribution is -0.116. The molecule has 0 saturated heterocycles. The number of ether oxygens (including phenoxy) is 1. The average Bonchev–Trinajstić information content (AvgIpc) is 3.04. The van der Waals surface area contributed by atoms with Crippen molar-refractivity contribution in [2.24, 2.45) is 0 Å². The molecule has 0 fully saturated rings. The zero-order valence-electron chi connectivity index (χ0n) is 13.6. The molecule has 25 heavy (non-hydrogen) atoms. The van der Waals surface area contributed by atoms with Gasteiger partial charge >= 0.3 is 0 Å². The number of hydrogen-bond acceptors (Lipinski definition) is 5. The summed E-state index contributed by atoms with van der Waals surface area (Å²) in [6, 6.07) is 14.5. The van der Waals surface area contributed by atoms with Gasteiger partial charge in [-0.2, -0.15) is 0 Å². The fourth-order valence-electron chi connectivity index (χ4n) is 2.30. The van der Waals surface area contributed by atoms with Crippen LogP contribution in [0.2, 0.25) is 0 Å².